The number of carbonyl (C=O) groups excluding carboxylic acids is 2. The molecule has 0 aliphatic carbocycles. The lowest BCUT2D eigenvalue weighted by molar-refractivity contribution is -0.126. The van der Waals surface area contributed by atoms with E-state index < -0.39 is 0 Å². The molecule has 7 heteroatoms. The fourth-order valence-corrected chi connectivity index (χ4v) is 4.32. The molecule has 22 heavy (non-hydrogen) atoms. The molecule has 112 valence electrons. The van der Waals surface area contributed by atoms with Crippen LogP contribution in [0.25, 0.3) is 0 Å². The number of thiophene rings is 2. The van der Waals surface area contributed by atoms with E-state index in [4.69, 9.17) is 0 Å². The molecule has 0 saturated heterocycles. The summed E-state index contributed by atoms with van der Waals surface area (Å²) in [5.74, 6) is -0.00528. The third kappa shape index (κ3) is 2.22. The van der Waals surface area contributed by atoms with E-state index in [0.29, 0.717) is 18.7 Å². The van der Waals surface area contributed by atoms with Crippen molar-refractivity contribution >= 4 is 34.6 Å². The molecule has 0 radical (unpaired) electrons. The summed E-state index contributed by atoms with van der Waals surface area (Å²) in [5.41, 5.74) is 1.39. The Kier molecular flexibility index (Phi) is 3.24. The first kappa shape index (κ1) is 13.5. The molecule has 4 heterocycles. The number of hydrogen-bond donors (Lipinski definition) is 2. The first-order valence-electron chi connectivity index (χ1n) is 6.88. The van der Waals surface area contributed by atoms with Crippen LogP contribution >= 0.6 is 22.7 Å². The van der Waals surface area contributed by atoms with Crippen LogP contribution in [0.4, 0.5) is 4.79 Å². The maximum Gasteiger partial charge on any atom is 0.319 e. The molecule has 0 fully saturated rings. The van der Waals surface area contributed by atoms with Gasteiger partial charge in [-0.15, -0.1) is 22.7 Å². The molecular weight excluding hydrogens is 318 g/mol. The van der Waals surface area contributed by atoms with Gasteiger partial charge in [-0.05, 0) is 22.9 Å². The van der Waals surface area contributed by atoms with Crippen molar-refractivity contribution in [3.63, 3.8) is 0 Å². The molecule has 2 aliphatic heterocycles. The van der Waals surface area contributed by atoms with Crippen LogP contribution in [0.3, 0.4) is 0 Å². The Hall–Kier alpha value is -2.12. The van der Waals surface area contributed by atoms with Gasteiger partial charge in [-0.2, -0.15) is 0 Å². The van der Waals surface area contributed by atoms with Crippen LogP contribution in [0.15, 0.2) is 46.3 Å². The summed E-state index contributed by atoms with van der Waals surface area (Å²) >= 11 is 3.17. The predicted octanol–water partition coefficient (Wildman–Crippen LogP) is 2.46. The molecule has 5 nitrogen and oxygen atoms in total. The molecule has 4 rings (SSSR count). The molecule has 0 unspecified atom stereocenters. The average Bonchev–Trinajstić information content (AvgIpc) is 3.22. The van der Waals surface area contributed by atoms with Crippen LogP contribution in [0, 0.1) is 0 Å². The number of rotatable bonds is 3. The van der Waals surface area contributed by atoms with Gasteiger partial charge in [-0.25, -0.2) is 4.79 Å². The van der Waals surface area contributed by atoms with Crippen molar-refractivity contribution in [2.75, 3.05) is 6.54 Å². The first-order valence-corrected chi connectivity index (χ1v) is 8.64. The summed E-state index contributed by atoms with van der Waals surface area (Å²) in [7, 11) is 0. The Morgan fingerprint density at radius 2 is 2.00 bits per heavy atom. The number of nitrogens with zero attached hydrogens (tertiary/aromatic N) is 1. The van der Waals surface area contributed by atoms with Crippen molar-refractivity contribution in [1.29, 1.82) is 0 Å². The molecule has 2 aromatic heterocycles. The van der Waals surface area contributed by atoms with Gasteiger partial charge in [0.05, 0.1) is 30.4 Å². The van der Waals surface area contributed by atoms with Crippen LogP contribution in [0.5, 0.6) is 0 Å². The van der Waals surface area contributed by atoms with Gasteiger partial charge in [-0.3, -0.25) is 4.79 Å². The van der Waals surface area contributed by atoms with E-state index in [-0.39, 0.29) is 18.0 Å². The zero-order chi connectivity index (χ0) is 15.1. The van der Waals surface area contributed by atoms with Gasteiger partial charge in [-0.1, -0.05) is 12.1 Å². The second-order valence-corrected chi connectivity index (χ2v) is 7.19. The number of urea groups is 1. The number of amides is 3. The minimum absolute atomic E-state index is 0.00528. The maximum absolute atomic E-state index is 12.8. The van der Waals surface area contributed by atoms with Crippen molar-refractivity contribution in [1.82, 2.24) is 15.5 Å². The number of hydrogen-bond acceptors (Lipinski definition) is 4. The quantitative estimate of drug-likeness (QED) is 0.907. The SMILES string of the molecule is O=C1NC2=C(C(=O)N(Cc3cccs3)C2)[C@@H](c2cccs2)N1. The van der Waals surface area contributed by atoms with E-state index in [1.54, 1.807) is 27.6 Å². The normalized spacial score (nSPS) is 20.9. The lowest BCUT2D eigenvalue weighted by atomic mass is 10.0. The highest BCUT2D eigenvalue weighted by Gasteiger charge is 2.40. The van der Waals surface area contributed by atoms with Gasteiger partial charge in [0, 0.05) is 9.75 Å². The van der Waals surface area contributed by atoms with Gasteiger partial charge < -0.3 is 15.5 Å². The smallest absolute Gasteiger partial charge is 0.319 e. The Morgan fingerprint density at radius 3 is 2.73 bits per heavy atom. The molecule has 2 N–H and O–H groups in total. The standard InChI is InChI=1S/C15H13N3O2S2/c19-14-12-10(8-18(14)7-9-3-1-5-21-9)16-15(20)17-13(12)11-4-2-6-22-11/h1-6,13H,7-8H2,(H2,16,17,20)/t13-/m1/s1. The third-order valence-corrected chi connectivity index (χ3v) is 5.57. The predicted molar refractivity (Wildman–Crippen MR) is 85.5 cm³/mol. The van der Waals surface area contributed by atoms with Crippen molar-refractivity contribution in [2.24, 2.45) is 0 Å². The van der Waals surface area contributed by atoms with E-state index in [1.165, 1.54) is 0 Å². The summed E-state index contributed by atoms with van der Waals surface area (Å²) in [4.78, 5) is 28.5. The average molecular weight is 331 g/mol. The Bertz CT molecular complexity index is 750. The lowest BCUT2D eigenvalue weighted by Gasteiger charge is -2.24. The third-order valence-electron chi connectivity index (χ3n) is 3.77. The number of nitrogens with one attached hydrogen (secondary N) is 2. The highest BCUT2D eigenvalue weighted by molar-refractivity contribution is 7.10. The molecular formula is C15H13N3O2S2. The molecule has 1 atom stereocenters. The van der Waals surface area contributed by atoms with Crippen LogP contribution in [0.2, 0.25) is 0 Å². The second-order valence-electron chi connectivity index (χ2n) is 5.18. The van der Waals surface area contributed by atoms with Crippen LogP contribution in [-0.4, -0.2) is 23.4 Å². The van der Waals surface area contributed by atoms with Crippen LogP contribution in [0.1, 0.15) is 15.8 Å². The minimum Gasteiger partial charge on any atom is -0.328 e. The van der Waals surface area contributed by atoms with Crippen molar-refractivity contribution in [3.05, 3.63) is 56.1 Å². The molecule has 0 spiro atoms. The largest absolute Gasteiger partial charge is 0.328 e. The fourth-order valence-electron chi connectivity index (χ4n) is 2.82. The summed E-state index contributed by atoms with van der Waals surface area (Å²) < 4.78 is 0. The van der Waals surface area contributed by atoms with Gasteiger partial charge in [0.1, 0.15) is 0 Å². The Labute approximate surface area is 135 Å². The number of carbonyl (C=O) groups is 2. The lowest BCUT2D eigenvalue weighted by Crippen LogP contribution is -2.44. The summed E-state index contributed by atoms with van der Waals surface area (Å²) in [6.45, 7) is 1.04. The summed E-state index contributed by atoms with van der Waals surface area (Å²) in [6.07, 6.45) is 0. The van der Waals surface area contributed by atoms with E-state index in [1.807, 2.05) is 35.0 Å². The molecule has 2 aliphatic rings. The van der Waals surface area contributed by atoms with E-state index in [0.717, 1.165) is 15.5 Å². The monoisotopic (exact) mass is 331 g/mol. The van der Waals surface area contributed by atoms with E-state index in [2.05, 4.69) is 10.6 Å². The van der Waals surface area contributed by atoms with Gasteiger partial charge in [0.15, 0.2) is 0 Å². The zero-order valence-electron chi connectivity index (χ0n) is 11.5. The molecule has 0 bridgehead atoms. The van der Waals surface area contributed by atoms with E-state index >= 15 is 0 Å². The molecule has 2 aromatic rings. The summed E-state index contributed by atoms with van der Waals surface area (Å²) in [5, 5.41) is 9.59. The van der Waals surface area contributed by atoms with Crippen molar-refractivity contribution in [3.8, 4) is 0 Å². The van der Waals surface area contributed by atoms with Crippen molar-refractivity contribution in [2.45, 2.75) is 12.6 Å². The zero-order valence-corrected chi connectivity index (χ0v) is 13.2. The summed E-state index contributed by atoms with van der Waals surface area (Å²) in [6, 6.07) is 7.28. The highest BCUT2D eigenvalue weighted by Crippen LogP contribution is 2.35. The van der Waals surface area contributed by atoms with Gasteiger partial charge >= 0.3 is 6.03 Å². The van der Waals surface area contributed by atoms with Crippen LogP contribution < -0.4 is 10.6 Å². The first-order chi connectivity index (χ1) is 10.7. The fraction of sp³-hybridized carbons (Fsp3) is 0.200. The Balaban J connectivity index is 1.64. The van der Waals surface area contributed by atoms with Gasteiger partial charge in [0.2, 0.25) is 0 Å². The van der Waals surface area contributed by atoms with Crippen LogP contribution in [-0.2, 0) is 11.3 Å². The molecule has 0 saturated carbocycles. The molecule has 0 aromatic carbocycles. The minimum atomic E-state index is -0.343. The van der Waals surface area contributed by atoms with Crippen molar-refractivity contribution < 1.29 is 9.59 Å². The highest BCUT2D eigenvalue weighted by atomic mass is 32.1. The topological polar surface area (TPSA) is 61.4 Å². The van der Waals surface area contributed by atoms with E-state index in [9.17, 15) is 9.59 Å². The van der Waals surface area contributed by atoms with Gasteiger partial charge in [0.25, 0.3) is 5.91 Å². The maximum atomic E-state index is 12.8. The molecule has 3 amide bonds. The second kappa shape index (κ2) is 5.26. The Morgan fingerprint density at radius 1 is 1.18 bits per heavy atom.